The quantitative estimate of drug-likeness (QED) is 0.826. The number of furan rings is 1. The zero-order valence-electron chi connectivity index (χ0n) is 12.6. The van der Waals surface area contributed by atoms with Crippen LogP contribution in [-0.4, -0.2) is 62.2 Å². The monoisotopic (exact) mass is 313 g/mol. The molecule has 7 heteroatoms. The number of hydrogen-bond acceptors (Lipinski definition) is 4. The smallest absolute Gasteiger partial charge is 0.281 e. The summed E-state index contributed by atoms with van der Waals surface area (Å²) in [5, 5.41) is 0. The number of fused-ring (bicyclic) bond motifs is 1. The Labute approximate surface area is 126 Å². The number of nitrogens with zero attached hydrogens (tertiary/aromatic N) is 3. The van der Waals surface area contributed by atoms with Crippen molar-refractivity contribution in [1.29, 1.82) is 0 Å². The Hall–Kier alpha value is -0.890. The molecule has 0 spiro atoms. The molecule has 2 aliphatic heterocycles. The average molecular weight is 313 g/mol. The summed E-state index contributed by atoms with van der Waals surface area (Å²) in [6.07, 6.45) is 2.65. The summed E-state index contributed by atoms with van der Waals surface area (Å²) in [5.74, 6) is 2.02. The van der Waals surface area contributed by atoms with E-state index in [2.05, 4.69) is 4.90 Å². The topological polar surface area (TPSA) is 57.0 Å². The Morgan fingerprint density at radius 3 is 2.71 bits per heavy atom. The van der Waals surface area contributed by atoms with Crippen LogP contribution >= 0.6 is 0 Å². The molecule has 0 saturated carbocycles. The Balaban J connectivity index is 1.62. The molecule has 0 bridgehead atoms. The van der Waals surface area contributed by atoms with E-state index in [-0.39, 0.29) is 0 Å². The molecule has 0 radical (unpaired) electrons. The number of piperidine rings is 1. The molecular weight excluding hydrogens is 290 g/mol. The third-order valence-corrected chi connectivity index (χ3v) is 6.49. The maximum atomic E-state index is 12.2. The summed E-state index contributed by atoms with van der Waals surface area (Å²) < 4.78 is 32.8. The van der Waals surface area contributed by atoms with Gasteiger partial charge in [0, 0.05) is 40.3 Å². The first-order chi connectivity index (χ1) is 9.96. The van der Waals surface area contributed by atoms with Gasteiger partial charge in [0.2, 0.25) is 0 Å². The van der Waals surface area contributed by atoms with Gasteiger partial charge in [-0.1, -0.05) is 0 Å². The minimum Gasteiger partial charge on any atom is -0.468 e. The van der Waals surface area contributed by atoms with Crippen LogP contribution in [0.4, 0.5) is 0 Å². The lowest BCUT2D eigenvalue weighted by atomic mass is 9.90. The number of rotatable bonds is 4. The van der Waals surface area contributed by atoms with Crippen molar-refractivity contribution in [3.63, 3.8) is 0 Å². The summed E-state index contributed by atoms with van der Waals surface area (Å²) >= 11 is 0. The van der Waals surface area contributed by atoms with Crippen molar-refractivity contribution < 1.29 is 12.8 Å². The van der Waals surface area contributed by atoms with Gasteiger partial charge in [0.15, 0.2) is 0 Å². The van der Waals surface area contributed by atoms with Crippen molar-refractivity contribution in [3.8, 4) is 0 Å². The van der Waals surface area contributed by atoms with Gasteiger partial charge in [0.1, 0.15) is 5.76 Å². The first-order valence-electron chi connectivity index (χ1n) is 7.39. The zero-order chi connectivity index (χ0) is 15.0. The van der Waals surface area contributed by atoms with Crippen LogP contribution in [0.2, 0.25) is 0 Å². The van der Waals surface area contributed by atoms with Gasteiger partial charge >= 0.3 is 0 Å². The van der Waals surface area contributed by atoms with E-state index in [4.69, 9.17) is 4.42 Å². The normalized spacial score (nSPS) is 28.1. The van der Waals surface area contributed by atoms with Crippen LogP contribution < -0.4 is 0 Å². The summed E-state index contributed by atoms with van der Waals surface area (Å²) in [6, 6.07) is 3.90. The molecule has 21 heavy (non-hydrogen) atoms. The molecule has 2 aliphatic rings. The van der Waals surface area contributed by atoms with Crippen LogP contribution in [0.3, 0.4) is 0 Å². The van der Waals surface area contributed by atoms with Crippen molar-refractivity contribution in [3.05, 3.63) is 24.2 Å². The molecule has 3 heterocycles. The first-order valence-corrected chi connectivity index (χ1v) is 8.79. The highest BCUT2D eigenvalue weighted by atomic mass is 32.2. The maximum absolute atomic E-state index is 12.2. The van der Waals surface area contributed by atoms with Crippen LogP contribution in [0.25, 0.3) is 0 Å². The van der Waals surface area contributed by atoms with Gasteiger partial charge in [0.25, 0.3) is 10.2 Å². The van der Waals surface area contributed by atoms with Crippen molar-refractivity contribution in [2.75, 3.05) is 40.3 Å². The van der Waals surface area contributed by atoms with E-state index in [0.717, 1.165) is 31.8 Å². The van der Waals surface area contributed by atoms with E-state index < -0.39 is 10.2 Å². The summed E-state index contributed by atoms with van der Waals surface area (Å²) in [7, 11) is -0.0834. The SMILES string of the molecule is CN(C)S(=O)(=O)N1CC[C@@H]2CN(Cc3ccco3)C[C@@H]2C1. The minimum absolute atomic E-state index is 0.434. The van der Waals surface area contributed by atoms with Crippen molar-refractivity contribution >= 4 is 10.2 Å². The second-order valence-corrected chi connectivity index (χ2v) is 8.37. The molecule has 0 aliphatic carbocycles. The molecule has 0 unspecified atom stereocenters. The van der Waals surface area contributed by atoms with Crippen LogP contribution in [0, 0.1) is 11.8 Å². The Kier molecular flexibility index (Phi) is 4.09. The van der Waals surface area contributed by atoms with Crippen LogP contribution in [0.15, 0.2) is 22.8 Å². The Bertz CT molecular complexity index is 570. The molecule has 118 valence electrons. The lowest BCUT2D eigenvalue weighted by molar-refractivity contribution is 0.219. The standard InChI is InChI=1S/C14H23N3O3S/c1-15(2)21(18,19)17-6-5-12-8-16(9-13(12)10-17)11-14-4-3-7-20-14/h3-4,7,12-13H,5-6,8-11H2,1-2H3/t12-,13-/m1/s1. The predicted molar refractivity (Wildman–Crippen MR) is 79.8 cm³/mol. The second-order valence-electron chi connectivity index (χ2n) is 6.23. The fourth-order valence-electron chi connectivity index (χ4n) is 3.42. The molecule has 2 saturated heterocycles. The summed E-state index contributed by atoms with van der Waals surface area (Å²) in [6.45, 7) is 4.09. The van der Waals surface area contributed by atoms with E-state index in [1.54, 1.807) is 24.7 Å². The first kappa shape index (κ1) is 15.0. The second kappa shape index (κ2) is 5.72. The van der Waals surface area contributed by atoms with Gasteiger partial charge in [-0.3, -0.25) is 4.90 Å². The van der Waals surface area contributed by atoms with E-state index >= 15 is 0 Å². The molecule has 1 aromatic rings. The van der Waals surface area contributed by atoms with E-state index in [9.17, 15) is 8.42 Å². The number of hydrogen-bond donors (Lipinski definition) is 0. The van der Waals surface area contributed by atoms with Gasteiger partial charge in [-0.15, -0.1) is 0 Å². The molecule has 1 aromatic heterocycles. The predicted octanol–water partition coefficient (Wildman–Crippen LogP) is 0.840. The average Bonchev–Trinajstić information content (AvgIpc) is 3.06. The van der Waals surface area contributed by atoms with E-state index in [1.807, 2.05) is 12.1 Å². The van der Waals surface area contributed by atoms with Crippen molar-refractivity contribution in [2.24, 2.45) is 11.8 Å². The Morgan fingerprint density at radius 2 is 2.05 bits per heavy atom. The van der Waals surface area contributed by atoms with Crippen LogP contribution in [0.5, 0.6) is 0 Å². The maximum Gasteiger partial charge on any atom is 0.281 e. The summed E-state index contributed by atoms with van der Waals surface area (Å²) in [4.78, 5) is 2.37. The van der Waals surface area contributed by atoms with E-state index in [1.165, 1.54) is 4.31 Å². The zero-order valence-corrected chi connectivity index (χ0v) is 13.4. The third-order valence-electron chi connectivity index (χ3n) is 4.59. The lowest BCUT2D eigenvalue weighted by Crippen LogP contribution is -2.47. The Morgan fingerprint density at radius 1 is 1.29 bits per heavy atom. The van der Waals surface area contributed by atoms with Gasteiger partial charge < -0.3 is 4.42 Å². The molecule has 0 N–H and O–H groups in total. The molecule has 0 aromatic carbocycles. The van der Waals surface area contributed by atoms with Crippen LogP contribution in [0.1, 0.15) is 12.2 Å². The van der Waals surface area contributed by atoms with E-state index in [0.29, 0.717) is 24.9 Å². The molecule has 0 amide bonds. The van der Waals surface area contributed by atoms with Crippen LogP contribution in [-0.2, 0) is 16.8 Å². The molecule has 3 rings (SSSR count). The molecule has 6 nitrogen and oxygen atoms in total. The summed E-state index contributed by atoms with van der Waals surface area (Å²) in [5.41, 5.74) is 0. The third kappa shape index (κ3) is 3.01. The number of likely N-dealkylation sites (tertiary alicyclic amines) is 1. The largest absolute Gasteiger partial charge is 0.468 e. The van der Waals surface area contributed by atoms with Crippen molar-refractivity contribution in [2.45, 2.75) is 13.0 Å². The fourth-order valence-corrected chi connectivity index (χ4v) is 4.60. The lowest BCUT2D eigenvalue weighted by Gasteiger charge is -2.34. The molecule has 2 atom stereocenters. The van der Waals surface area contributed by atoms with Gasteiger partial charge in [-0.25, -0.2) is 0 Å². The fraction of sp³-hybridized carbons (Fsp3) is 0.714. The highest BCUT2D eigenvalue weighted by molar-refractivity contribution is 7.86. The highest BCUT2D eigenvalue weighted by Gasteiger charge is 2.40. The van der Waals surface area contributed by atoms with Gasteiger partial charge in [0.05, 0.1) is 12.8 Å². The van der Waals surface area contributed by atoms with Gasteiger partial charge in [-0.05, 0) is 30.4 Å². The molecule has 2 fully saturated rings. The molecular formula is C14H23N3O3S. The van der Waals surface area contributed by atoms with Gasteiger partial charge in [-0.2, -0.15) is 17.0 Å². The van der Waals surface area contributed by atoms with Crippen molar-refractivity contribution in [1.82, 2.24) is 13.5 Å². The highest BCUT2D eigenvalue weighted by Crippen LogP contribution is 2.33. The minimum atomic E-state index is -3.28.